The van der Waals surface area contributed by atoms with Gasteiger partial charge in [-0.25, -0.2) is 9.97 Å². The molecule has 3 N–H and O–H groups in total. The summed E-state index contributed by atoms with van der Waals surface area (Å²) in [5, 5.41) is 15.0. The number of fused-ring (bicyclic) bond motifs is 2. The number of carbonyl (C=O) groups excluding carboxylic acids is 2. The molecule has 2 aromatic heterocycles. The molecule has 0 aliphatic carbocycles. The Hall–Kier alpha value is -2.73. The first-order valence-corrected chi connectivity index (χ1v) is 12.7. The molecular formula is C24H30F3N5O3S. The number of halogens is 3. The summed E-state index contributed by atoms with van der Waals surface area (Å²) < 4.78 is 38.9. The monoisotopic (exact) mass is 525 g/mol. The quantitative estimate of drug-likeness (QED) is 0.502. The second-order valence-electron chi connectivity index (χ2n) is 10.2. The minimum Gasteiger partial charge on any atom is -0.389 e. The summed E-state index contributed by atoms with van der Waals surface area (Å²) in [6.07, 6.45) is 0.731. The Labute approximate surface area is 211 Å². The fourth-order valence-electron chi connectivity index (χ4n) is 4.66. The molecule has 2 amide bonds. The molecular weight excluding hydrogens is 495 g/mol. The summed E-state index contributed by atoms with van der Waals surface area (Å²) in [6, 6.07) is 0.00454. The second-order valence-corrected chi connectivity index (χ2v) is 11.2. The van der Waals surface area contributed by atoms with Crippen LogP contribution in [0.3, 0.4) is 0 Å². The van der Waals surface area contributed by atoms with Gasteiger partial charge in [-0.15, -0.1) is 11.3 Å². The van der Waals surface area contributed by atoms with Crippen molar-refractivity contribution in [3.05, 3.63) is 28.5 Å². The number of anilines is 1. The summed E-state index contributed by atoms with van der Waals surface area (Å²) in [7, 11) is 0. The fraction of sp³-hybridized carbons (Fsp3) is 0.583. The van der Waals surface area contributed by atoms with Crippen LogP contribution in [0.25, 0.3) is 10.4 Å². The zero-order valence-electron chi connectivity index (χ0n) is 20.6. The normalized spacial score (nSPS) is 20.5. The molecule has 0 radical (unpaired) electrons. The Morgan fingerprint density at radius 2 is 1.83 bits per heavy atom. The van der Waals surface area contributed by atoms with Crippen LogP contribution in [0.5, 0.6) is 0 Å². The largest absolute Gasteiger partial charge is 0.408 e. The van der Waals surface area contributed by atoms with Crippen LogP contribution in [0.4, 0.5) is 19.0 Å². The van der Waals surface area contributed by atoms with Gasteiger partial charge in [-0.1, -0.05) is 0 Å². The predicted molar refractivity (Wildman–Crippen MR) is 130 cm³/mol. The van der Waals surface area contributed by atoms with E-state index in [1.165, 1.54) is 12.3 Å². The van der Waals surface area contributed by atoms with E-state index >= 15 is 0 Å². The average molecular weight is 526 g/mol. The Morgan fingerprint density at radius 1 is 1.22 bits per heavy atom. The van der Waals surface area contributed by atoms with Crippen LogP contribution >= 0.6 is 11.3 Å². The van der Waals surface area contributed by atoms with E-state index in [0.29, 0.717) is 16.0 Å². The first-order valence-electron chi connectivity index (χ1n) is 11.9. The van der Waals surface area contributed by atoms with Gasteiger partial charge < -0.3 is 20.6 Å². The zero-order valence-corrected chi connectivity index (χ0v) is 21.4. The van der Waals surface area contributed by atoms with Crippen molar-refractivity contribution in [1.82, 2.24) is 20.2 Å². The molecule has 12 heteroatoms. The number of nitrogens with zero attached hydrogens (tertiary/aromatic N) is 3. The highest BCUT2D eigenvalue weighted by atomic mass is 32.1. The van der Waals surface area contributed by atoms with E-state index < -0.39 is 23.7 Å². The highest BCUT2D eigenvalue weighted by molar-refractivity contribution is 7.17. The molecule has 2 aromatic rings. The number of pyridine rings is 1. The van der Waals surface area contributed by atoms with Crippen LogP contribution < -0.4 is 10.6 Å². The smallest absolute Gasteiger partial charge is 0.389 e. The Kier molecular flexibility index (Phi) is 7.04. The first kappa shape index (κ1) is 26.3. The third-order valence-corrected chi connectivity index (χ3v) is 7.69. The zero-order chi connectivity index (χ0) is 26.4. The molecule has 2 saturated heterocycles. The van der Waals surface area contributed by atoms with Gasteiger partial charge in [-0.05, 0) is 65.0 Å². The summed E-state index contributed by atoms with van der Waals surface area (Å²) in [5.74, 6) is -0.714. The van der Waals surface area contributed by atoms with E-state index in [9.17, 15) is 27.9 Å². The minimum atomic E-state index is -4.42. The molecule has 1 atom stereocenters. The van der Waals surface area contributed by atoms with E-state index in [4.69, 9.17) is 0 Å². The summed E-state index contributed by atoms with van der Waals surface area (Å²) >= 11 is 1.03. The van der Waals surface area contributed by atoms with Gasteiger partial charge in [0.05, 0.1) is 10.5 Å². The van der Waals surface area contributed by atoms with Gasteiger partial charge in [0.1, 0.15) is 17.6 Å². The Morgan fingerprint density at radius 3 is 2.36 bits per heavy atom. The van der Waals surface area contributed by atoms with E-state index in [0.717, 1.165) is 43.9 Å². The Bertz CT molecular complexity index is 1140. The van der Waals surface area contributed by atoms with E-state index in [1.807, 2.05) is 4.90 Å². The highest BCUT2D eigenvalue weighted by Crippen LogP contribution is 2.41. The predicted octanol–water partition coefficient (Wildman–Crippen LogP) is 4.14. The van der Waals surface area contributed by atoms with Gasteiger partial charge in [0.15, 0.2) is 5.01 Å². The molecule has 2 bridgehead atoms. The number of rotatable bonds is 7. The van der Waals surface area contributed by atoms with Crippen molar-refractivity contribution in [3.8, 4) is 10.4 Å². The lowest BCUT2D eigenvalue weighted by atomic mass is 10.0. The van der Waals surface area contributed by atoms with Crippen molar-refractivity contribution in [2.45, 2.75) is 83.3 Å². The van der Waals surface area contributed by atoms with Crippen molar-refractivity contribution in [2.75, 3.05) is 11.9 Å². The maximum atomic E-state index is 13.6. The van der Waals surface area contributed by atoms with Crippen molar-refractivity contribution >= 4 is 29.0 Å². The lowest BCUT2D eigenvalue weighted by Gasteiger charge is -2.22. The summed E-state index contributed by atoms with van der Waals surface area (Å²) in [5.41, 5.74) is 0.128. The highest BCUT2D eigenvalue weighted by Gasteiger charge is 2.44. The van der Waals surface area contributed by atoms with E-state index in [2.05, 4.69) is 20.6 Å². The van der Waals surface area contributed by atoms with Gasteiger partial charge in [0.25, 0.3) is 11.8 Å². The minimum absolute atomic E-state index is 0.00135. The fourth-order valence-corrected chi connectivity index (χ4v) is 5.71. The standard InChI is InChI=1S/C24H30F3N5O3S/c1-12-9-17(30-13(2)24(25,26)27)28-10-16(12)19-18(22(34)32-14-5-6-15(32)8-7-14)31-21(36-19)20(33)29-11-23(3,4)35/h9-10,13-15,35H,5-8,11H2,1-4H3,(H,28,30)(H,29,33)/t13-,14?,15?/m0/s1. The van der Waals surface area contributed by atoms with Crippen LogP contribution in [0, 0.1) is 6.92 Å². The van der Waals surface area contributed by atoms with Crippen LogP contribution in [-0.4, -0.2) is 68.2 Å². The van der Waals surface area contributed by atoms with Gasteiger partial charge >= 0.3 is 6.18 Å². The van der Waals surface area contributed by atoms with E-state index in [1.54, 1.807) is 20.8 Å². The number of nitrogens with one attached hydrogen (secondary N) is 2. The van der Waals surface area contributed by atoms with Crippen LogP contribution in [0.15, 0.2) is 12.3 Å². The average Bonchev–Trinajstić information content (AvgIpc) is 3.50. The van der Waals surface area contributed by atoms with E-state index in [-0.39, 0.29) is 41.1 Å². The van der Waals surface area contributed by atoms with Gasteiger partial charge in [0, 0.05) is 30.4 Å². The third-order valence-electron chi connectivity index (χ3n) is 6.60. The number of carbonyl (C=O) groups is 2. The third kappa shape index (κ3) is 5.49. The number of alkyl halides is 3. The molecule has 4 heterocycles. The van der Waals surface area contributed by atoms with Crippen molar-refractivity contribution in [3.63, 3.8) is 0 Å². The second kappa shape index (κ2) is 9.62. The number of hydrogen-bond acceptors (Lipinski definition) is 7. The number of aromatic nitrogens is 2. The Balaban J connectivity index is 1.68. The molecule has 0 saturated carbocycles. The maximum Gasteiger partial charge on any atom is 0.408 e. The molecule has 2 aliphatic heterocycles. The topological polar surface area (TPSA) is 107 Å². The van der Waals surface area contributed by atoms with Crippen LogP contribution in [0.1, 0.15) is 72.3 Å². The SMILES string of the molecule is Cc1cc(N[C@@H](C)C(F)(F)F)ncc1-c1sc(C(=O)NCC(C)(C)O)nc1C(=O)N1C2CCC1CC2. The van der Waals surface area contributed by atoms with Gasteiger partial charge in [-0.3, -0.25) is 9.59 Å². The molecule has 8 nitrogen and oxygen atoms in total. The lowest BCUT2D eigenvalue weighted by Crippen LogP contribution is -2.38. The number of thiazole rings is 1. The number of aryl methyl sites for hydroxylation is 1. The van der Waals surface area contributed by atoms with Crippen molar-refractivity contribution in [2.24, 2.45) is 0 Å². The number of amides is 2. The molecule has 0 unspecified atom stereocenters. The van der Waals surface area contributed by atoms with Crippen LogP contribution in [-0.2, 0) is 0 Å². The van der Waals surface area contributed by atoms with Crippen molar-refractivity contribution < 1.29 is 27.9 Å². The first-order chi connectivity index (χ1) is 16.7. The van der Waals surface area contributed by atoms with Gasteiger partial charge in [-0.2, -0.15) is 13.2 Å². The van der Waals surface area contributed by atoms with Crippen LogP contribution in [0.2, 0.25) is 0 Å². The maximum absolute atomic E-state index is 13.6. The molecule has 196 valence electrons. The lowest BCUT2D eigenvalue weighted by molar-refractivity contribution is -0.138. The van der Waals surface area contributed by atoms with Crippen molar-refractivity contribution in [1.29, 1.82) is 0 Å². The molecule has 0 aromatic carbocycles. The number of hydrogen-bond donors (Lipinski definition) is 3. The molecule has 2 fully saturated rings. The molecule has 0 spiro atoms. The molecule has 2 aliphatic rings. The number of aliphatic hydroxyl groups is 1. The van der Waals surface area contributed by atoms with Gasteiger partial charge in [0.2, 0.25) is 0 Å². The summed E-state index contributed by atoms with van der Waals surface area (Å²) in [4.78, 5) is 37.3. The molecule has 4 rings (SSSR count). The summed E-state index contributed by atoms with van der Waals surface area (Å²) in [6.45, 7) is 5.83. The molecule has 36 heavy (non-hydrogen) atoms.